The van der Waals surface area contributed by atoms with E-state index in [0.29, 0.717) is 0 Å². The van der Waals surface area contributed by atoms with Crippen molar-refractivity contribution < 1.29 is 4.74 Å². The third-order valence-corrected chi connectivity index (χ3v) is 3.19. The van der Waals surface area contributed by atoms with Gasteiger partial charge in [0.25, 0.3) is 0 Å². The summed E-state index contributed by atoms with van der Waals surface area (Å²) in [6, 6.07) is 8.31. The third-order valence-electron chi connectivity index (χ3n) is 3.19. The normalized spacial score (nSPS) is 17.2. The second kappa shape index (κ2) is 5.92. The van der Waals surface area contributed by atoms with Crippen LogP contribution in [0.4, 0.5) is 5.69 Å². The average molecular weight is 233 g/mol. The minimum Gasteiger partial charge on any atom is -0.492 e. The van der Waals surface area contributed by atoms with E-state index in [4.69, 9.17) is 4.74 Å². The van der Waals surface area contributed by atoms with Crippen LogP contribution in [0.15, 0.2) is 24.3 Å². The molecule has 17 heavy (non-hydrogen) atoms. The van der Waals surface area contributed by atoms with E-state index in [-0.39, 0.29) is 0 Å². The summed E-state index contributed by atoms with van der Waals surface area (Å²) in [5.74, 6) is 1.00. The lowest BCUT2D eigenvalue weighted by Gasteiger charge is -2.35. The van der Waals surface area contributed by atoms with Crippen LogP contribution in [-0.4, -0.2) is 37.7 Å². The van der Waals surface area contributed by atoms with Crippen LogP contribution in [0.25, 0.3) is 0 Å². The predicted molar refractivity (Wildman–Crippen MR) is 71.4 cm³/mol. The fourth-order valence-electron chi connectivity index (χ4n) is 2.22. The van der Waals surface area contributed by atoms with Crippen LogP contribution in [-0.2, 0) is 0 Å². The van der Waals surface area contributed by atoms with E-state index in [1.54, 1.807) is 0 Å². The molecule has 0 aromatic heterocycles. The van der Waals surface area contributed by atoms with Gasteiger partial charge in [-0.05, 0) is 26.0 Å². The van der Waals surface area contributed by atoms with Crippen LogP contribution < -0.4 is 9.64 Å². The molecule has 1 aromatic carbocycles. The molecular formula is C14H21N2O. The number of rotatable bonds is 4. The molecule has 1 aromatic rings. The Morgan fingerprint density at radius 1 is 1.18 bits per heavy atom. The Kier molecular flexibility index (Phi) is 4.26. The Bertz CT molecular complexity index is 346. The van der Waals surface area contributed by atoms with Gasteiger partial charge in [-0.1, -0.05) is 12.1 Å². The maximum Gasteiger partial charge on any atom is 0.142 e. The van der Waals surface area contributed by atoms with Gasteiger partial charge in [0.05, 0.1) is 12.3 Å². The van der Waals surface area contributed by atoms with Gasteiger partial charge in [-0.3, -0.25) is 4.90 Å². The molecule has 1 heterocycles. The zero-order valence-electron chi connectivity index (χ0n) is 10.7. The van der Waals surface area contributed by atoms with Crippen molar-refractivity contribution in [2.24, 2.45) is 0 Å². The molecule has 0 amide bonds. The molecule has 3 nitrogen and oxygen atoms in total. The maximum absolute atomic E-state index is 5.68. The summed E-state index contributed by atoms with van der Waals surface area (Å²) in [6.45, 7) is 11.3. The first kappa shape index (κ1) is 12.2. The van der Waals surface area contributed by atoms with Crippen molar-refractivity contribution >= 4 is 5.69 Å². The van der Waals surface area contributed by atoms with Crippen LogP contribution in [0.5, 0.6) is 5.75 Å². The smallest absolute Gasteiger partial charge is 0.142 e. The van der Waals surface area contributed by atoms with Crippen molar-refractivity contribution in [1.82, 2.24) is 4.90 Å². The zero-order chi connectivity index (χ0) is 12.1. The van der Waals surface area contributed by atoms with E-state index in [1.807, 2.05) is 13.0 Å². The zero-order valence-corrected chi connectivity index (χ0v) is 10.7. The molecule has 1 saturated heterocycles. The highest BCUT2D eigenvalue weighted by atomic mass is 16.5. The lowest BCUT2D eigenvalue weighted by atomic mass is 10.2. The van der Waals surface area contributed by atoms with E-state index >= 15 is 0 Å². The topological polar surface area (TPSA) is 15.7 Å². The number of benzene rings is 1. The van der Waals surface area contributed by atoms with E-state index < -0.39 is 0 Å². The molecule has 1 aliphatic rings. The Hall–Kier alpha value is -1.22. The van der Waals surface area contributed by atoms with E-state index in [1.165, 1.54) is 5.69 Å². The first-order valence-corrected chi connectivity index (χ1v) is 6.35. The van der Waals surface area contributed by atoms with Crippen LogP contribution >= 0.6 is 0 Å². The van der Waals surface area contributed by atoms with Crippen molar-refractivity contribution in [3.63, 3.8) is 0 Å². The monoisotopic (exact) mass is 233 g/mol. The van der Waals surface area contributed by atoms with Gasteiger partial charge in [-0.2, -0.15) is 0 Å². The van der Waals surface area contributed by atoms with Gasteiger partial charge < -0.3 is 9.64 Å². The van der Waals surface area contributed by atoms with Crippen LogP contribution in [0, 0.1) is 6.54 Å². The number of nitrogens with zero attached hydrogens (tertiary/aromatic N) is 2. The van der Waals surface area contributed by atoms with E-state index in [9.17, 15) is 0 Å². The highest BCUT2D eigenvalue weighted by Gasteiger charge is 2.18. The average Bonchev–Trinajstić information content (AvgIpc) is 2.40. The van der Waals surface area contributed by atoms with Crippen molar-refractivity contribution in [2.45, 2.75) is 13.8 Å². The number of anilines is 1. The molecule has 0 bridgehead atoms. The Morgan fingerprint density at radius 3 is 2.53 bits per heavy atom. The van der Waals surface area contributed by atoms with E-state index in [0.717, 1.165) is 38.5 Å². The van der Waals surface area contributed by atoms with Gasteiger partial charge >= 0.3 is 0 Å². The molecule has 1 radical (unpaired) electrons. The molecule has 0 saturated carbocycles. The Balaban J connectivity index is 2.07. The van der Waals surface area contributed by atoms with Crippen molar-refractivity contribution in [3.05, 3.63) is 30.8 Å². The van der Waals surface area contributed by atoms with Gasteiger partial charge in [-0.25, -0.2) is 0 Å². The summed E-state index contributed by atoms with van der Waals surface area (Å²) >= 11 is 0. The predicted octanol–water partition coefficient (Wildman–Crippen LogP) is 2.39. The molecular weight excluding hydrogens is 212 g/mol. The fraction of sp³-hybridized carbons (Fsp3) is 0.500. The number of hydrogen-bond acceptors (Lipinski definition) is 3. The number of ether oxygens (including phenoxy) is 1. The minimum absolute atomic E-state index is 0.722. The first-order valence-electron chi connectivity index (χ1n) is 6.35. The second-order valence-corrected chi connectivity index (χ2v) is 4.18. The standard InChI is InChI=1S/C14H21N2O/c1-3-15-9-11-16(12-10-15)13-7-5-6-8-14(13)17-4-2/h3,5-8H,4,9-12H2,1-2H3. The fourth-order valence-corrected chi connectivity index (χ4v) is 2.22. The largest absolute Gasteiger partial charge is 0.492 e. The molecule has 0 aliphatic carbocycles. The van der Waals surface area contributed by atoms with Gasteiger partial charge in [0.15, 0.2) is 0 Å². The molecule has 1 fully saturated rings. The van der Waals surface area contributed by atoms with Gasteiger partial charge in [0, 0.05) is 32.7 Å². The minimum atomic E-state index is 0.722. The third kappa shape index (κ3) is 2.91. The van der Waals surface area contributed by atoms with Gasteiger partial charge in [0.2, 0.25) is 0 Å². The Labute approximate surface area is 104 Å². The van der Waals surface area contributed by atoms with Crippen LogP contribution in [0.3, 0.4) is 0 Å². The van der Waals surface area contributed by atoms with Crippen molar-refractivity contribution in [3.8, 4) is 5.75 Å². The molecule has 0 spiro atoms. The number of piperazine rings is 1. The van der Waals surface area contributed by atoms with E-state index in [2.05, 4.69) is 41.5 Å². The first-order chi connectivity index (χ1) is 8.35. The van der Waals surface area contributed by atoms with Crippen molar-refractivity contribution in [1.29, 1.82) is 0 Å². The van der Waals surface area contributed by atoms with Gasteiger partial charge in [0.1, 0.15) is 5.75 Å². The van der Waals surface area contributed by atoms with Crippen LogP contribution in [0.1, 0.15) is 13.8 Å². The van der Waals surface area contributed by atoms with Crippen LogP contribution in [0.2, 0.25) is 0 Å². The summed E-state index contributed by atoms with van der Waals surface area (Å²) in [4.78, 5) is 4.77. The SMILES string of the molecule is C[CH]N1CCN(c2ccccc2OCC)CC1. The summed E-state index contributed by atoms with van der Waals surface area (Å²) in [7, 11) is 0. The Morgan fingerprint density at radius 2 is 1.88 bits per heavy atom. The quantitative estimate of drug-likeness (QED) is 0.794. The summed E-state index contributed by atoms with van der Waals surface area (Å²) in [5.41, 5.74) is 1.23. The lowest BCUT2D eigenvalue weighted by molar-refractivity contribution is 0.309. The number of para-hydroxylation sites is 2. The molecule has 0 atom stereocenters. The highest BCUT2D eigenvalue weighted by Crippen LogP contribution is 2.28. The lowest BCUT2D eigenvalue weighted by Crippen LogP contribution is -2.45. The molecule has 0 N–H and O–H groups in total. The van der Waals surface area contributed by atoms with Gasteiger partial charge in [-0.15, -0.1) is 0 Å². The molecule has 0 unspecified atom stereocenters. The molecule has 2 rings (SSSR count). The molecule has 93 valence electrons. The summed E-state index contributed by atoms with van der Waals surface area (Å²) in [6.07, 6.45) is 0. The van der Waals surface area contributed by atoms with Crippen molar-refractivity contribution in [2.75, 3.05) is 37.7 Å². The number of hydrogen-bond donors (Lipinski definition) is 0. The molecule has 1 aliphatic heterocycles. The highest BCUT2D eigenvalue weighted by molar-refractivity contribution is 5.58. The maximum atomic E-state index is 5.68. The summed E-state index contributed by atoms with van der Waals surface area (Å²) < 4.78 is 5.68. The second-order valence-electron chi connectivity index (χ2n) is 4.18. The molecule has 3 heteroatoms. The summed E-state index contributed by atoms with van der Waals surface area (Å²) in [5, 5.41) is 0.